The van der Waals surface area contributed by atoms with Crippen LogP contribution >= 0.6 is 0 Å². The molecule has 0 saturated carbocycles. The second-order valence-corrected chi connectivity index (χ2v) is 6.52. The van der Waals surface area contributed by atoms with Crippen LogP contribution in [0.25, 0.3) is 0 Å². The van der Waals surface area contributed by atoms with Crippen molar-refractivity contribution in [1.29, 1.82) is 0 Å². The van der Waals surface area contributed by atoms with Crippen LogP contribution < -0.4 is 24.4 Å². The van der Waals surface area contributed by atoms with Crippen molar-refractivity contribution in [3.63, 3.8) is 0 Å². The van der Waals surface area contributed by atoms with Crippen LogP contribution in [0.3, 0.4) is 0 Å². The second kappa shape index (κ2) is 6.78. The van der Waals surface area contributed by atoms with Crippen molar-refractivity contribution in [3.8, 4) is 17.2 Å². The number of nitrogens with zero attached hydrogens (tertiary/aromatic N) is 1. The molecule has 0 aliphatic carbocycles. The Kier molecular flexibility index (Phi) is 4.32. The number of anilines is 2. The summed E-state index contributed by atoms with van der Waals surface area (Å²) in [5.41, 5.74) is 2.55. The van der Waals surface area contributed by atoms with E-state index in [-0.39, 0.29) is 12.1 Å². The van der Waals surface area contributed by atoms with Gasteiger partial charge < -0.3 is 19.5 Å². The van der Waals surface area contributed by atoms with E-state index in [1.54, 1.807) is 11.0 Å². The lowest BCUT2D eigenvalue weighted by atomic mass is 10.1. The first-order valence-corrected chi connectivity index (χ1v) is 8.89. The third-order valence-electron chi connectivity index (χ3n) is 4.58. The SMILES string of the molecule is CC[C@H]1CN(C(=O)Nc2ccc3c(c2)OCCO3)c2cc(C)ccc2O1. The van der Waals surface area contributed by atoms with E-state index < -0.39 is 0 Å². The molecule has 2 aliphatic rings. The summed E-state index contributed by atoms with van der Waals surface area (Å²) in [6.07, 6.45) is 0.817. The second-order valence-electron chi connectivity index (χ2n) is 6.52. The first kappa shape index (κ1) is 16.6. The van der Waals surface area contributed by atoms with E-state index in [0.717, 1.165) is 23.4 Å². The molecule has 2 aromatic rings. The molecule has 4 rings (SSSR count). The third kappa shape index (κ3) is 3.14. The molecule has 0 aromatic heterocycles. The predicted octanol–water partition coefficient (Wildman–Crippen LogP) is 3.98. The Labute approximate surface area is 152 Å². The van der Waals surface area contributed by atoms with Gasteiger partial charge in [-0.1, -0.05) is 13.0 Å². The van der Waals surface area contributed by atoms with Crippen molar-refractivity contribution in [2.24, 2.45) is 0 Å². The number of amides is 2. The van der Waals surface area contributed by atoms with Crippen molar-refractivity contribution in [1.82, 2.24) is 0 Å². The highest BCUT2D eigenvalue weighted by atomic mass is 16.6. The molecule has 0 spiro atoms. The van der Waals surface area contributed by atoms with Gasteiger partial charge >= 0.3 is 6.03 Å². The number of ether oxygens (including phenoxy) is 3. The molecular formula is C20H22N2O4. The Balaban J connectivity index is 1.58. The van der Waals surface area contributed by atoms with Crippen LogP contribution in [0.5, 0.6) is 17.2 Å². The van der Waals surface area contributed by atoms with Gasteiger partial charge in [-0.15, -0.1) is 0 Å². The number of carbonyl (C=O) groups is 1. The summed E-state index contributed by atoms with van der Waals surface area (Å²) in [4.78, 5) is 14.7. The van der Waals surface area contributed by atoms with E-state index in [1.165, 1.54) is 0 Å². The van der Waals surface area contributed by atoms with Gasteiger partial charge in [0.1, 0.15) is 25.1 Å². The number of hydrogen-bond donors (Lipinski definition) is 1. The molecule has 6 nitrogen and oxygen atoms in total. The Hall–Kier alpha value is -2.89. The molecule has 2 heterocycles. The highest BCUT2D eigenvalue weighted by molar-refractivity contribution is 6.03. The van der Waals surface area contributed by atoms with Crippen LogP contribution in [0, 0.1) is 6.92 Å². The molecule has 2 amide bonds. The van der Waals surface area contributed by atoms with Crippen LogP contribution in [0.2, 0.25) is 0 Å². The summed E-state index contributed by atoms with van der Waals surface area (Å²) in [6, 6.07) is 11.1. The largest absolute Gasteiger partial charge is 0.486 e. The van der Waals surface area contributed by atoms with Crippen LogP contribution in [-0.4, -0.2) is 31.9 Å². The maximum Gasteiger partial charge on any atom is 0.326 e. The minimum Gasteiger partial charge on any atom is -0.486 e. The van der Waals surface area contributed by atoms with Gasteiger partial charge in [-0.05, 0) is 43.2 Å². The van der Waals surface area contributed by atoms with E-state index in [2.05, 4.69) is 12.2 Å². The zero-order valence-electron chi connectivity index (χ0n) is 15.0. The van der Waals surface area contributed by atoms with Gasteiger partial charge in [0.2, 0.25) is 0 Å². The fraction of sp³-hybridized carbons (Fsp3) is 0.350. The zero-order valence-corrected chi connectivity index (χ0v) is 15.0. The van der Waals surface area contributed by atoms with Gasteiger partial charge in [0, 0.05) is 11.8 Å². The highest BCUT2D eigenvalue weighted by Crippen LogP contribution is 2.36. The molecule has 0 unspecified atom stereocenters. The van der Waals surface area contributed by atoms with Crippen LogP contribution in [-0.2, 0) is 0 Å². The van der Waals surface area contributed by atoms with Gasteiger partial charge in [-0.2, -0.15) is 0 Å². The van der Waals surface area contributed by atoms with Crippen LogP contribution in [0.4, 0.5) is 16.2 Å². The van der Waals surface area contributed by atoms with Gasteiger partial charge in [0.15, 0.2) is 11.5 Å². The predicted molar refractivity (Wildman–Crippen MR) is 99.7 cm³/mol. The smallest absolute Gasteiger partial charge is 0.326 e. The number of rotatable bonds is 2. The lowest BCUT2D eigenvalue weighted by molar-refractivity contribution is 0.171. The number of carbonyl (C=O) groups excluding carboxylic acids is 1. The number of urea groups is 1. The molecule has 2 aromatic carbocycles. The molecule has 0 fully saturated rings. The third-order valence-corrected chi connectivity index (χ3v) is 4.58. The summed E-state index contributed by atoms with van der Waals surface area (Å²) in [7, 11) is 0. The molecule has 2 aliphatic heterocycles. The summed E-state index contributed by atoms with van der Waals surface area (Å²) < 4.78 is 17.1. The van der Waals surface area contributed by atoms with Crippen molar-refractivity contribution in [2.75, 3.05) is 30.0 Å². The molecule has 0 bridgehead atoms. The highest BCUT2D eigenvalue weighted by Gasteiger charge is 2.29. The van der Waals surface area contributed by atoms with Gasteiger partial charge in [0.25, 0.3) is 0 Å². The van der Waals surface area contributed by atoms with Crippen LogP contribution in [0.15, 0.2) is 36.4 Å². The fourth-order valence-corrected chi connectivity index (χ4v) is 3.17. The number of aryl methyl sites for hydroxylation is 1. The molecule has 1 atom stereocenters. The van der Waals surface area contributed by atoms with E-state index in [0.29, 0.717) is 36.9 Å². The monoisotopic (exact) mass is 354 g/mol. The molecule has 26 heavy (non-hydrogen) atoms. The number of fused-ring (bicyclic) bond motifs is 2. The van der Waals surface area contributed by atoms with Crippen molar-refractivity contribution >= 4 is 17.4 Å². The molecule has 6 heteroatoms. The standard InChI is InChI=1S/C20H22N2O4/c1-3-15-12-22(16-10-13(2)4-6-17(16)26-15)20(23)21-14-5-7-18-19(11-14)25-9-8-24-18/h4-7,10-11,15H,3,8-9,12H2,1-2H3,(H,21,23)/t15-/m0/s1. The minimum atomic E-state index is -0.185. The number of hydrogen-bond acceptors (Lipinski definition) is 4. The molecule has 136 valence electrons. The molecule has 0 radical (unpaired) electrons. The Bertz CT molecular complexity index is 837. The minimum absolute atomic E-state index is 0.0174. The summed E-state index contributed by atoms with van der Waals surface area (Å²) in [5, 5.41) is 2.96. The maximum absolute atomic E-state index is 13.0. The van der Waals surface area contributed by atoms with Crippen molar-refractivity contribution in [3.05, 3.63) is 42.0 Å². The molecule has 1 N–H and O–H groups in total. The number of nitrogens with one attached hydrogen (secondary N) is 1. The summed E-state index contributed by atoms with van der Waals surface area (Å²) in [5.74, 6) is 2.09. The summed E-state index contributed by atoms with van der Waals surface area (Å²) >= 11 is 0. The fourth-order valence-electron chi connectivity index (χ4n) is 3.17. The normalized spacial score (nSPS) is 17.9. The average molecular weight is 354 g/mol. The lowest BCUT2D eigenvalue weighted by Crippen LogP contribution is -2.45. The van der Waals surface area contributed by atoms with Gasteiger partial charge in [-0.25, -0.2) is 4.79 Å². The van der Waals surface area contributed by atoms with E-state index in [9.17, 15) is 4.79 Å². The van der Waals surface area contributed by atoms with Gasteiger partial charge in [-0.3, -0.25) is 4.90 Å². The first-order chi connectivity index (χ1) is 12.6. The van der Waals surface area contributed by atoms with E-state index >= 15 is 0 Å². The van der Waals surface area contributed by atoms with E-state index in [1.807, 2.05) is 37.3 Å². The Morgan fingerprint density at radius 2 is 1.88 bits per heavy atom. The first-order valence-electron chi connectivity index (χ1n) is 8.89. The Morgan fingerprint density at radius 3 is 2.69 bits per heavy atom. The Morgan fingerprint density at radius 1 is 1.12 bits per heavy atom. The van der Waals surface area contributed by atoms with Crippen molar-refractivity contribution in [2.45, 2.75) is 26.4 Å². The van der Waals surface area contributed by atoms with Crippen molar-refractivity contribution < 1.29 is 19.0 Å². The van der Waals surface area contributed by atoms with Gasteiger partial charge in [0.05, 0.1) is 12.2 Å². The lowest BCUT2D eigenvalue weighted by Gasteiger charge is -2.34. The zero-order chi connectivity index (χ0) is 18.1. The average Bonchev–Trinajstić information content (AvgIpc) is 2.67. The molecule has 0 saturated heterocycles. The number of benzene rings is 2. The summed E-state index contributed by atoms with van der Waals surface area (Å²) in [6.45, 7) is 5.63. The van der Waals surface area contributed by atoms with E-state index in [4.69, 9.17) is 14.2 Å². The maximum atomic E-state index is 13.0. The topological polar surface area (TPSA) is 60.0 Å². The van der Waals surface area contributed by atoms with Crippen LogP contribution in [0.1, 0.15) is 18.9 Å². The quantitative estimate of drug-likeness (QED) is 0.886. The molecular weight excluding hydrogens is 332 g/mol.